The molecule has 102 valence electrons. The normalized spacial score (nSPS) is 12.4. The number of rotatable bonds is 6. The van der Waals surface area contributed by atoms with Gasteiger partial charge in [0.05, 0.1) is 11.4 Å². The minimum absolute atomic E-state index is 0.455. The fourth-order valence-corrected chi connectivity index (χ4v) is 2.33. The third-order valence-corrected chi connectivity index (χ3v) is 3.42. The summed E-state index contributed by atoms with van der Waals surface area (Å²) >= 11 is 0. The summed E-state index contributed by atoms with van der Waals surface area (Å²) in [5, 5.41) is 8.11. The number of nitrogens with zero attached hydrogens (tertiary/aromatic N) is 2. The molecule has 1 N–H and O–H groups in total. The molecule has 1 heterocycles. The van der Waals surface area contributed by atoms with Crippen LogP contribution in [0.5, 0.6) is 0 Å². The minimum atomic E-state index is 0.455. The molecule has 2 rings (SSSR count). The molecule has 2 aromatic rings. The molecule has 3 nitrogen and oxygen atoms in total. The number of benzene rings is 1. The van der Waals surface area contributed by atoms with Gasteiger partial charge in [-0.3, -0.25) is 4.68 Å². The quantitative estimate of drug-likeness (QED) is 0.859. The molecule has 19 heavy (non-hydrogen) atoms. The lowest BCUT2D eigenvalue weighted by Crippen LogP contribution is -2.21. The molecule has 0 aliphatic heterocycles. The van der Waals surface area contributed by atoms with Crippen molar-refractivity contribution in [2.75, 3.05) is 5.32 Å². The van der Waals surface area contributed by atoms with Gasteiger partial charge < -0.3 is 5.32 Å². The summed E-state index contributed by atoms with van der Waals surface area (Å²) in [5.74, 6) is 0. The monoisotopic (exact) mass is 257 g/mol. The van der Waals surface area contributed by atoms with Crippen LogP contribution in [0.4, 0.5) is 5.69 Å². The van der Waals surface area contributed by atoms with Crippen LogP contribution in [0.15, 0.2) is 36.5 Å². The highest BCUT2D eigenvalue weighted by atomic mass is 15.3. The van der Waals surface area contributed by atoms with Gasteiger partial charge in [0.1, 0.15) is 0 Å². The average molecular weight is 257 g/mol. The van der Waals surface area contributed by atoms with Gasteiger partial charge in [-0.15, -0.1) is 0 Å². The van der Waals surface area contributed by atoms with Gasteiger partial charge in [0, 0.05) is 19.3 Å². The van der Waals surface area contributed by atoms with Crippen molar-refractivity contribution in [3.63, 3.8) is 0 Å². The molecule has 1 atom stereocenters. The molecule has 1 unspecified atom stereocenters. The van der Waals surface area contributed by atoms with E-state index in [0.29, 0.717) is 6.04 Å². The van der Waals surface area contributed by atoms with Crippen LogP contribution in [0.3, 0.4) is 0 Å². The zero-order valence-corrected chi connectivity index (χ0v) is 12.1. The van der Waals surface area contributed by atoms with Gasteiger partial charge in [-0.2, -0.15) is 5.10 Å². The number of aromatic nitrogens is 2. The molecule has 1 aromatic heterocycles. The standard InChI is InChI=1S/C16H23N3/c1-4-14(11-13-9-7-6-8-10-13)17-16-12-19(3)18-15(16)5-2/h6-10,12,14,17H,4-5,11H2,1-3H3. The molecule has 0 saturated carbocycles. The maximum absolute atomic E-state index is 4.48. The Morgan fingerprint density at radius 2 is 1.95 bits per heavy atom. The predicted molar refractivity (Wildman–Crippen MR) is 80.4 cm³/mol. The smallest absolute Gasteiger partial charge is 0.0853 e. The van der Waals surface area contributed by atoms with E-state index < -0.39 is 0 Å². The zero-order chi connectivity index (χ0) is 13.7. The second kappa shape index (κ2) is 6.41. The van der Waals surface area contributed by atoms with E-state index in [1.165, 1.54) is 11.3 Å². The Hall–Kier alpha value is -1.77. The van der Waals surface area contributed by atoms with E-state index in [4.69, 9.17) is 0 Å². The molecule has 3 heteroatoms. The fourth-order valence-electron chi connectivity index (χ4n) is 2.33. The summed E-state index contributed by atoms with van der Waals surface area (Å²) in [4.78, 5) is 0. The molecule has 1 aromatic carbocycles. The predicted octanol–water partition coefficient (Wildman–Crippen LogP) is 3.42. The van der Waals surface area contributed by atoms with Crippen molar-refractivity contribution in [3.05, 3.63) is 47.8 Å². The van der Waals surface area contributed by atoms with Crippen LogP contribution in [-0.2, 0) is 19.9 Å². The van der Waals surface area contributed by atoms with Crippen LogP contribution in [0.2, 0.25) is 0 Å². The van der Waals surface area contributed by atoms with E-state index in [2.05, 4.69) is 60.8 Å². The molecular formula is C16H23N3. The third-order valence-electron chi connectivity index (χ3n) is 3.42. The van der Waals surface area contributed by atoms with E-state index in [1.807, 2.05) is 11.7 Å². The van der Waals surface area contributed by atoms with Gasteiger partial charge in [-0.1, -0.05) is 44.2 Å². The highest BCUT2D eigenvalue weighted by Gasteiger charge is 2.11. The van der Waals surface area contributed by atoms with E-state index in [9.17, 15) is 0 Å². The van der Waals surface area contributed by atoms with Crippen LogP contribution < -0.4 is 5.32 Å². The first-order valence-electron chi connectivity index (χ1n) is 7.05. The molecule has 0 fully saturated rings. The van der Waals surface area contributed by atoms with Crippen LogP contribution in [0.25, 0.3) is 0 Å². The first-order valence-corrected chi connectivity index (χ1v) is 7.05. The summed E-state index contributed by atoms with van der Waals surface area (Å²) in [6.45, 7) is 4.37. The Kier molecular flexibility index (Phi) is 4.61. The van der Waals surface area contributed by atoms with Crippen LogP contribution in [-0.4, -0.2) is 15.8 Å². The van der Waals surface area contributed by atoms with Crippen molar-refractivity contribution in [2.24, 2.45) is 7.05 Å². The number of hydrogen-bond donors (Lipinski definition) is 1. The number of hydrogen-bond acceptors (Lipinski definition) is 2. The molecular weight excluding hydrogens is 234 g/mol. The molecule has 0 amide bonds. The highest BCUT2D eigenvalue weighted by molar-refractivity contribution is 5.47. The van der Waals surface area contributed by atoms with Crippen LogP contribution in [0, 0.1) is 0 Å². The average Bonchev–Trinajstić information content (AvgIpc) is 2.79. The largest absolute Gasteiger partial charge is 0.379 e. The van der Waals surface area contributed by atoms with Gasteiger partial charge in [0.2, 0.25) is 0 Å². The van der Waals surface area contributed by atoms with Gasteiger partial charge in [0.25, 0.3) is 0 Å². The minimum Gasteiger partial charge on any atom is -0.379 e. The van der Waals surface area contributed by atoms with Crippen molar-refractivity contribution in [2.45, 2.75) is 39.2 Å². The van der Waals surface area contributed by atoms with Crippen molar-refractivity contribution < 1.29 is 0 Å². The zero-order valence-electron chi connectivity index (χ0n) is 12.1. The topological polar surface area (TPSA) is 29.9 Å². The Labute approximate surface area is 115 Å². The van der Waals surface area contributed by atoms with Gasteiger partial charge in [0.15, 0.2) is 0 Å². The van der Waals surface area contributed by atoms with Gasteiger partial charge >= 0.3 is 0 Å². The van der Waals surface area contributed by atoms with Crippen molar-refractivity contribution >= 4 is 5.69 Å². The van der Waals surface area contributed by atoms with E-state index in [0.717, 1.165) is 25.0 Å². The van der Waals surface area contributed by atoms with E-state index >= 15 is 0 Å². The van der Waals surface area contributed by atoms with Crippen LogP contribution in [0.1, 0.15) is 31.5 Å². The second-order valence-electron chi connectivity index (χ2n) is 4.96. The summed E-state index contributed by atoms with van der Waals surface area (Å²) < 4.78 is 1.89. The first-order chi connectivity index (χ1) is 9.22. The maximum Gasteiger partial charge on any atom is 0.0853 e. The maximum atomic E-state index is 4.48. The molecule has 0 bridgehead atoms. The Bertz CT molecular complexity index is 502. The summed E-state index contributed by atoms with van der Waals surface area (Å²) in [6, 6.07) is 11.1. The summed E-state index contributed by atoms with van der Waals surface area (Å²) in [5.41, 5.74) is 3.70. The molecule has 0 radical (unpaired) electrons. The molecule has 0 spiro atoms. The van der Waals surface area contributed by atoms with Gasteiger partial charge in [-0.05, 0) is 24.8 Å². The van der Waals surface area contributed by atoms with Crippen molar-refractivity contribution in [1.29, 1.82) is 0 Å². The Balaban J connectivity index is 2.06. The van der Waals surface area contributed by atoms with Gasteiger partial charge in [-0.25, -0.2) is 0 Å². The lowest BCUT2D eigenvalue weighted by atomic mass is 10.0. The third kappa shape index (κ3) is 3.60. The summed E-state index contributed by atoms with van der Waals surface area (Å²) in [6.07, 6.45) is 5.19. The molecule has 0 aliphatic rings. The Morgan fingerprint density at radius 3 is 2.58 bits per heavy atom. The SMILES string of the molecule is CCc1nn(C)cc1NC(CC)Cc1ccccc1. The number of anilines is 1. The van der Waals surface area contributed by atoms with Crippen molar-refractivity contribution in [3.8, 4) is 0 Å². The van der Waals surface area contributed by atoms with E-state index in [1.54, 1.807) is 0 Å². The molecule has 0 saturated heterocycles. The van der Waals surface area contributed by atoms with Crippen molar-refractivity contribution in [1.82, 2.24) is 9.78 Å². The first kappa shape index (κ1) is 13.7. The summed E-state index contributed by atoms with van der Waals surface area (Å²) in [7, 11) is 1.97. The van der Waals surface area contributed by atoms with Crippen LogP contribution >= 0.6 is 0 Å². The molecule has 0 aliphatic carbocycles. The Morgan fingerprint density at radius 1 is 1.21 bits per heavy atom. The number of nitrogens with one attached hydrogen (secondary N) is 1. The lowest BCUT2D eigenvalue weighted by molar-refractivity contribution is 0.689. The second-order valence-corrected chi connectivity index (χ2v) is 4.96. The highest BCUT2D eigenvalue weighted by Crippen LogP contribution is 2.17. The fraction of sp³-hybridized carbons (Fsp3) is 0.438. The van der Waals surface area contributed by atoms with E-state index in [-0.39, 0.29) is 0 Å². The lowest BCUT2D eigenvalue weighted by Gasteiger charge is -2.18. The number of aryl methyl sites for hydroxylation is 2.